The molecular formula is C13H14FN3. The van der Waals surface area contributed by atoms with Crippen molar-refractivity contribution < 1.29 is 4.39 Å². The molecule has 0 saturated carbocycles. The molecule has 0 spiro atoms. The Kier molecular flexibility index (Phi) is 3.32. The molecule has 2 rings (SSSR count). The van der Waals surface area contributed by atoms with Crippen LogP contribution in [-0.2, 0) is 6.54 Å². The predicted molar refractivity (Wildman–Crippen MR) is 65.3 cm³/mol. The van der Waals surface area contributed by atoms with Crippen molar-refractivity contribution in [3.63, 3.8) is 0 Å². The Morgan fingerprint density at radius 3 is 2.53 bits per heavy atom. The average molecular weight is 231 g/mol. The van der Waals surface area contributed by atoms with E-state index < -0.39 is 0 Å². The molecule has 1 aromatic heterocycles. The number of hydrogen-bond acceptors (Lipinski definition) is 3. The van der Waals surface area contributed by atoms with Crippen LogP contribution in [0.1, 0.15) is 11.3 Å². The van der Waals surface area contributed by atoms with Crippen LogP contribution in [0.2, 0.25) is 0 Å². The van der Waals surface area contributed by atoms with Crippen LogP contribution in [0, 0.1) is 12.7 Å². The number of benzene rings is 1. The summed E-state index contributed by atoms with van der Waals surface area (Å²) in [5.41, 5.74) is 1.98. The number of halogens is 1. The van der Waals surface area contributed by atoms with E-state index in [1.54, 1.807) is 18.5 Å². The van der Waals surface area contributed by atoms with Gasteiger partial charge in [0, 0.05) is 25.4 Å². The van der Waals surface area contributed by atoms with E-state index in [1.165, 1.54) is 12.1 Å². The highest BCUT2D eigenvalue weighted by atomic mass is 19.1. The Labute approximate surface area is 99.9 Å². The molecule has 0 unspecified atom stereocenters. The summed E-state index contributed by atoms with van der Waals surface area (Å²) in [5, 5.41) is 0. The van der Waals surface area contributed by atoms with Gasteiger partial charge in [-0.3, -0.25) is 0 Å². The van der Waals surface area contributed by atoms with Crippen LogP contribution in [0.15, 0.2) is 36.7 Å². The Balaban J connectivity index is 2.11. The van der Waals surface area contributed by atoms with Gasteiger partial charge in [-0.2, -0.15) is 0 Å². The van der Waals surface area contributed by atoms with Crippen LogP contribution in [0.25, 0.3) is 0 Å². The van der Waals surface area contributed by atoms with Gasteiger partial charge < -0.3 is 4.90 Å². The molecule has 4 heteroatoms. The maximum atomic E-state index is 12.8. The minimum absolute atomic E-state index is 0.214. The highest BCUT2D eigenvalue weighted by Gasteiger charge is 2.04. The van der Waals surface area contributed by atoms with Crippen molar-refractivity contribution in [1.29, 1.82) is 0 Å². The van der Waals surface area contributed by atoms with Crippen LogP contribution in [-0.4, -0.2) is 17.0 Å². The largest absolute Gasteiger partial charge is 0.355 e. The van der Waals surface area contributed by atoms with Crippen molar-refractivity contribution in [1.82, 2.24) is 9.97 Å². The molecule has 88 valence electrons. The Morgan fingerprint density at radius 2 is 1.88 bits per heavy atom. The Bertz CT molecular complexity index is 496. The number of anilines is 1. The zero-order chi connectivity index (χ0) is 12.3. The molecule has 1 aromatic carbocycles. The Hall–Kier alpha value is -1.97. The molecule has 0 N–H and O–H groups in total. The third kappa shape index (κ3) is 3.00. The fourth-order valence-corrected chi connectivity index (χ4v) is 1.59. The van der Waals surface area contributed by atoms with Gasteiger partial charge in [-0.1, -0.05) is 12.1 Å². The maximum absolute atomic E-state index is 12.8. The third-order valence-corrected chi connectivity index (χ3v) is 2.51. The molecule has 1 heterocycles. The van der Waals surface area contributed by atoms with E-state index in [4.69, 9.17) is 0 Å². The van der Waals surface area contributed by atoms with Crippen LogP contribution < -0.4 is 4.90 Å². The second-order valence-corrected chi connectivity index (χ2v) is 4.00. The van der Waals surface area contributed by atoms with E-state index in [0.29, 0.717) is 6.54 Å². The highest BCUT2D eigenvalue weighted by Crippen LogP contribution is 2.12. The van der Waals surface area contributed by atoms with Gasteiger partial charge in [0.15, 0.2) is 0 Å². The zero-order valence-corrected chi connectivity index (χ0v) is 9.89. The van der Waals surface area contributed by atoms with Crippen molar-refractivity contribution in [2.75, 3.05) is 11.9 Å². The first-order valence-electron chi connectivity index (χ1n) is 5.39. The molecule has 17 heavy (non-hydrogen) atoms. The SMILES string of the molecule is Cc1cc(N(C)Cc2ccc(F)cc2)ncn1. The molecule has 0 atom stereocenters. The standard InChI is InChI=1S/C13H14FN3/c1-10-7-13(16-9-15-10)17(2)8-11-3-5-12(14)6-4-11/h3-7,9H,8H2,1-2H3. The lowest BCUT2D eigenvalue weighted by Crippen LogP contribution is -2.17. The summed E-state index contributed by atoms with van der Waals surface area (Å²) in [6.45, 7) is 2.62. The zero-order valence-electron chi connectivity index (χ0n) is 9.89. The lowest BCUT2D eigenvalue weighted by Gasteiger charge is -2.18. The molecule has 3 nitrogen and oxygen atoms in total. The summed E-state index contributed by atoms with van der Waals surface area (Å²) in [4.78, 5) is 10.2. The van der Waals surface area contributed by atoms with Gasteiger partial charge in [-0.15, -0.1) is 0 Å². The van der Waals surface area contributed by atoms with Crippen molar-refractivity contribution in [2.45, 2.75) is 13.5 Å². The van der Waals surface area contributed by atoms with E-state index in [0.717, 1.165) is 17.1 Å². The molecule has 0 aliphatic heterocycles. The van der Waals surface area contributed by atoms with Gasteiger partial charge in [0.2, 0.25) is 0 Å². The van der Waals surface area contributed by atoms with Gasteiger partial charge in [0.1, 0.15) is 18.0 Å². The molecule has 0 amide bonds. The number of nitrogens with zero attached hydrogens (tertiary/aromatic N) is 3. The van der Waals surface area contributed by atoms with Crippen LogP contribution in [0.3, 0.4) is 0 Å². The van der Waals surface area contributed by atoms with E-state index in [-0.39, 0.29) is 5.82 Å². The molecular weight excluding hydrogens is 217 g/mol. The second-order valence-electron chi connectivity index (χ2n) is 4.00. The predicted octanol–water partition coefficient (Wildman–Crippen LogP) is 2.56. The number of hydrogen-bond donors (Lipinski definition) is 0. The van der Waals surface area contributed by atoms with Crippen molar-refractivity contribution in [2.24, 2.45) is 0 Å². The van der Waals surface area contributed by atoms with E-state index in [1.807, 2.05) is 24.9 Å². The van der Waals surface area contributed by atoms with Crippen molar-refractivity contribution >= 4 is 5.82 Å². The van der Waals surface area contributed by atoms with E-state index in [9.17, 15) is 4.39 Å². The topological polar surface area (TPSA) is 29.0 Å². The minimum Gasteiger partial charge on any atom is -0.355 e. The molecule has 0 fully saturated rings. The first kappa shape index (κ1) is 11.5. The summed E-state index contributed by atoms with van der Waals surface area (Å²) < 4.78 is 12.8. The smallest absolute Gasteiger partial charge is 0.132 e. The van der Waals surface area contributed by atoms with Gasteiger partial charge in [-0.05, 0) is 24.6 Å². The number of rotatable bonds is 3. The van der Waals surface area contributed by atoms with Crippen molar-refractivity contribution in [3.05, 3.63) is 53.7 Å². The first-order valence-corrected chi connectivity index (χ1v) is 5.39. The van der Waals surface area contributed by atoms with Gasteiger partial charge in [-0.25, -0.2) is 14.4 Å². The third-order valence-electron chi connectivity index (χ3n) is 2.51. The average Bonchev–Trinajstić information content (AvgIpc) is 2.32. The van der Waals surface area contributed by atoms with Gasteiger partial charge >= 0.3 is 0 Å². The number of aryl methyl sites for hydroxylation is 1. The molecule has 2 aromatic rings. The molecule has 0 bridgehead atoms. The van der Waals surface area contributed by atoms with Crippen molar-refractivity contribution in [3.8, 4) is 0 Å². The molecule has 0 aliphatic carbocycles. The fourth-order valence-electron chi connectivity index (χ4n) is 1.59. The molecule has 0 saturated heterocycles. The van der Waals surface area contributed by atoms with E-state index >= 15 is 0 Å². The molecule has 0 aliphatic rings. The lowest BCUT2D eigenvalue weighted by molar-refractivity contribution is 0.627. The van der Waals surface area contributed by atoms with Gasteiger partial charge in [0.25, 0.3) is 0 Å². The second kappa shape index (κ2) is 4.91. The monoisotopic (exact) mass is 231 g/mol. The van der Waals surface area contributed by atoms with Crippen LogP contribution >= 0.6 is 0 Å². The highest BCUT2D eigenvalue weighted by molar-refractivity contribution is 5.38. The normalized spacial score (nSPS) is 10.3. The first-order chi connectivity index (χ1) is 8.15. The van der Waals surface area contributed by atoms with E-state index in [2.05, 4.69) is 9.97 Å². The quantitative estimate of drug-likeness (QED) is 0.813. The minimum atomic E-state index is -0.214. The molecule has 0 radical (unpaired) electrons. The van der Waals surface area contributed by atoms with Crippen LogP contribution in [0.4, 0.5) is 10.2 Å². The summed E-state index contributed by atoms with van der Waals surface area (Å²) in [6, 6.07) is 8.41. The Morgan fingerprint density at radius 1 is 1.18 bits per heavy atom. The summed E-state index contributed by atoms with van der Waals surface area (Å²) >= 11 is 0. The maximum Gasteiger partial charge on any atom is 0.132 e. The number of aromatic nitrogens is 2. The summed E-state index contributed by atoms with van der Waals surface area (Å²) in [7, 11) is 1.95. The van der Waals surface area contributed by atoms with Gasteiger partial charge in [0.05, 0.1) is 0 Å². The lowest BCUT2D eigenvalue weighted by atomic mass is 10.2. The summed E-state index contributed by atoms with van der Waals surface area (Å²) in [6.07, 6.45) is 1.55. The summed E-state index contributed by atoms with van der Waals surface area (Å²) in [5.74, 6) is 0.649. The van der Waals surface area contributed by atoms with Crippen LogP contribution in [0.5, 0.6) is 0 Å². The fraction of sp³-hybridized carbons (Fsp3) is 0.231.